The number of hydrogen-bond donors (Lipinski definition) is 0. The van der Waals surface area contributed by atoms with E-state index in [1.807, 2.05) is 17.8 Å². The number of nitrogens with zero attached hydrogens (tertiary/aromatic N) is 2. The van der Waals surface area contributed by atoms with Crippen LogP contribution in [0, 0.1) is 0 Å². The van der Waals surface area contributed by atoms with Crippen LogP contribution in [0.25, 0.3) is 11.3 Å². The van der Waals surface area contributed by atoms with Gasteiger partial charge in [0.15, 0.2) is 11.5 Å². The topological polar surface area (TPSA) is 36.3 Å². The first-order valence-corrected chi connectivity index (χ1v) is 5.95. The van der Waals surface area contributed by atoms with E-state index >= 15 is 0 Å². The quantitative estimate of drug-likeness (QED) is 0.814. The van der Waals surface area contributed by atoms with Crippen molar-refractivity contribution in [2.24, 2.45) is 7.05 Å². The Bertz CT molecular complexity index is 616. The number of methoxy groups -OCH3 is 2. The molecule has 1 aromatic carbocycles. The fourth-order valence-corrected chi connectivity index (χ4v) is 2.66. The first-order valence-electron chi connectivity index (χ1n) is 5.95. The van der Waals surface area contributed by atoms with E-state index < -0.39 is 0 Å². The van der Waals surface area contributed by atoms with Crippen molar-refractivity contribution in [3.63, 3.8) is 0 Å². The van der Waals surface area contributed by atoms with Crippen molar-refractivity contribution in [2.75, 3.05) is 14.2 Å². The molecule has 1 unspecified atom stereocenters. The molecular weight excluding hydrogens is 228 g/mol. The Morgan fingerprint density at radius 3 is 2.44 bits per heavy atom. The Morgan fingerprint density at radius 2 is 1.78 bits per heavy atom. The minimum atomic E-state index is 0.350. The zero-order valence-electron chi connectivity index (χ0n) is 11.0. The zero-order chi connectivity index (χ0) is 12.9. The SMILES string of the molecule is COc1cc2c(cc1OC)C(C)c1cn(C)nc1-2. The van der Waals surface area contributed by atoms with E-state index in [2.05, 4.69) is 24.3 Å². The maximum absolute atomic E-state index is 5.36. The van der Waals surface area contributed by atoms with Crippen LogP contribution in [-0.2, 0) is 7.05 Å². The minimum absolute atomic E-state index is 0.350. The maximum Gasteiger partial charge on any atom is 0.161 e. The Labute approximate surface area is 106 Å². The number of fused-ring (bicyclic) bond motifs is 3. The molecule has 1 aliphatic rings. The average molecular weight is 244 g/mol. The second kappa shape index (κ2) is 3.77. The van der Waals surface area contributed by atoms with Gasteiger partial charge in [-0.3, -0.25) is 4.68 Å². The molecule has 4 heteroatoms. The third-order valence-electron chi connectivity index (χ3n) is 3.60. The molecule has 0 N–H and O–H groups in total. The highest BCUT2D eigenvalue weighted by molar-refractivity contribution is 5.78. The molecule has 0 amide bonds. The Kier molecular flexibility index (Phi) is 2.33. The van der Waals surface area contributed by atoms with Crippen molar-refractivity contribution in [1.29, 1.82) is 0 Å². The van der Waals surface area contributed by atoms with Crippen LogP contribution in [0.2, 0.25) is 0 Å². The van der Waals surface area contributed by atoms with Crippen molar-refractivity contribution in [2.45, 2.75) is 12.8 Å². The number of benzene rings is 1. The van der Waals surface area contributed by atoms with Crippen LogP contribution in [-0.4, -0.2) is 24.0 Å². The molecule has 2 aromatic rings. The molecule has 4 nitrogen and oxygen atoms in total. The third kappa shape index (κ3) is 1.35. The standard InChI is InChI=1S/C14H16N2O2/c1-8-9-5-12(17-3)13(18-4)6-10(9)14-11(8)7-16(2)15-14/h5-8H,1-4H3. The summed E-state index contributed by atoms with van der Waals surface area (Å²) in [7, 11) is 5.27. The summed E-state index contributed by atoms with van der Waals surface area (Å²) in [5.74, 6) is 1.88. The molecule has 0 spiro atoms. The number of aromatic nitrogens is 2. The summed E-state index contributed by atoms with van der Waals surface area (Å²) in [4.78, 5) is 0. The van der Waals surface area contributed by atoms with E-state index in [4.69, 9.17) is 9.47 Å². The molecule has 1 heterocycles. The summed E-state index contributed by atoms with van der Waals surface area (Å²) in [6, 6.07) is 4.07. The summed E-state index contributed by atoms with van der Waals surface area (Å²) in [6.45, 7) is 2.19. The third-order valence-corrected chi connectivity index (χ3v) is 3.60. The highest BCUT2D eigenvalue weighted by Crippen LogP contribution is 2.47. The van der Waals surface area contributed by atoms with Crippen molar-refractivity contribution in [1.82, 2.24) is 9.78 Å². The highest BCUT2D eigenvalue weighted by Gasteiger charge is 2.30. The summed E-state index contributed by atoms with van der Waals surface area (Å²) in [5, 5.41) is 4.53. The molecule has 0 saturated carbocycles. The number of rotatable bonds is 2. The first kappa shape index (κ1) is 11.1. The van der Waals surface area contributed by atoms with Gasteiger partial charge in [-0.1, -0.05) is 6.92 Å². The van der Waals surface area contributed by atoms with E-state index in [-0.39, 0.29) is 0 Å². The molecule has 1 aromatic heterocycles. The van der Waals surface area contributed by atoms with Gasteiger partial charge in [0, 0.05) is 30.3 Å². The molecule has 94 valence electrons. The van der Waals surface area contributed by atoms with Crippen molar-refractivity contribution in [3.8, 4) is 22.8 Å². The second-order valence-corrected chi connectivity index (χ2v) is 4.62. The van der Waals surface area contributed by atoms with Crippen molar-refractivity contribution < 1.29 is 9.47 Å². The van der Waals surface area contributed by atoms with Crippen LogP contribution in [0.4, 0.5) is 0 Å². The number of ether oxygens (including phenoxy) is 2. The van der Waals surface area contributed by atoms with E-state index in [0.717, 1.165) is 22.8 Å². The van der Waals surface area contributed by atoms with Gasteiger partial charge in [-0.25, -0.2) is 0 Å². The van der Waals surface area contributed by atoms with Gasteiger partial charge < -0.3 is 9.47 Å². The smallest absolute Gasteiger partial charge is 0.161 e. The molecular formula is C14H16N2O2. The Balaban J connectivity index is 2.24. The van der Waals surface area contributed by atoms with Crippen LogP contribution in [0.1, 0.15) is 24.0 Å². The normalized spacial score (nSPS) is 16.3. The molecule has 18 heavy (non-hydrogen) atoms. The van der Waals surface area contributed by atoms with Gasteiger partial charge >= 0.3 is 0 Å². The van der Waals surface area contributed by atoms with Crippen LogP contribution < -0.4 is 9.47 Å². The van der Waals surface area contributed by atoms with Crippen LogP contribution in [0.15, 0.2) is 18.3 Å². The van der Waals surface area contributed by atoms with Gasteiger partial charge in [0.2, 0.25) is 0 Å². The number of aryl methyl sites for hydroxylation is 1. The van der Waals surface area contributed by atoms with Gasteiger partial charge in [0.1, 0.15) is 0 Å². The molecule has 1 aliphatic carbocycles. The summed E-state index contributed by atoms with van der Waals surface area (Å²) in [6.07, 6.45) is 2.08. The monoisotopic (exact) mass is 244 g/mol. The largest absolute Gasteiger partial charge is 0.493 e. The van der Waals surface area contributed by atoms with Gasteiger partial charge in [-0.2, -0.15) is 5.10 Å². The minimum Gasteiger partial charge on any atom is -0.493 e. The Hall–Kier alpha value is -1.97. The predicted molar refractivity (Wildman–Crippen MR) is 69.3 cm³/mol. The fraction of sp³-hybridized carbons (Fsp3) is 0.357. The lowest BCUT2D eigenvalue weighted by molar-refractivity contribution is 0.354. The summed E-state index contributed by atoms with van der Waals surface area (Å²) in [5.41, 5.74) is 4.73. The summed E-state index contributed by atoms with van der Waals surface area (Å²) >= 11 is 0. The van der Waals surface area contributed by atoms with Crippen molar-refractivity contribution in [3.05, 3.63) is 29.5 Å². The van der Waals surface area contributed by atoms with Crippen LogP contribution in [0.5, 0.6) is 11.5 Å². The van der Waals surface area contributed by atoms with Gasteiger partial charge in [0.05, 0.1) is 19.9 Å². The molecule has 0 fully saturated rings. The number of hydrogen-bond acceptors (Lipinski definition) is 3. The van der Waals surface area contributed by atoms with Gasteiger partial charge in [0.25, 0.3) is 0 Å². The van der Waals surface area contributed by atoms with E-state index in [1.54, 1.807) is 14.2 Å². The van der Waals surface area contributed by atoms with Gasteiger partial charge in [-0.15, -0.1) is 0 Å². The average Bonchev–Trinajstić information content (AvgIpc) is 2.87. The zero-order valence-corrected chi connectivity index (χ0v) is 11.0. The molecule has 0 bridgehead atoms. The van der Waals surface area contributed by atoms with Crippen molar-refractivity contribution >= 4 is 0 Å². The second-order valence-electron chi connectivity index (χ2n) is 4.62. The molecule has 3 rings (SSSR count). The van der Waals surface area contributed by atoms with Gasteiger partial charge in [-0.05, 0) is 17.7 Å². The lowest BCUT2D eigenvalue weighted by atomic mass is 10.00. The van der Waals surface area contributed by atoms with E-state index in [9.17, 15) is 0 Å². The van der Waals surface area contributed by atoms with Crippen LogP contribution >= 0.6 is 0 Å². The summed E-state index contributed by atoms with van der Waals surface area (Å²) < 4.78 is 12.6. The fourth-order valence-electron chi connectivity index (χ4n) is 2.66. The highest BCUT2D eigenvalue weighted by atomic mass is 16.5. The van der Waals surface area contributed by atoms with E-state index in [1.165, 1.54) is 11.1 Å². The molecule has 0 radical (unpaired) electrons. The predicted octanol–water partition coefficient (Wildman–Crippen LogP) is 2.57. The van der Waals surface area contributed by atoms with E-state index in [0.29, 0.717) is 5.92 Å². The maximum atomic E-state index is 5.36. The van der Waals surface area contributed by atoms with Crippen LogP contribution in [0.3, 0.4) is 0 Å². The molecule has 1 atom stereocenters. The molecule has 0 saturated heterocycles. The molecule has 0 aliphatic heterocycles. The lowest BCUT2D eigenvalue weighted by Crippen LogP contribution is -1.96. The Morgan fingerprint density at radius 1 is 1.11 bits per heavy atom. The first-order chi connectivity index (χ1) is 8.65. The lowest BCUT2D eigenvalue weighted by Gasteiger charge is -2.12.